The van der Waals surface area contributed by atoms with Gasteiger partial charge in [-0.15, -0.1) is 11.3 Å². The number of para-hydroxylation sites is 1. The molecule has 1 aromatic heterocycles. The molecule has 6 nitrogen and oxygen atoms in total. The molecule has 0 bridgehead atoms. The molecule has 0 spiro atoms. The third-order valence-electron chi connectivity index (χ3n) is 4.23. The van der Waals surface area contributed by atoms with E-state index in [1.165, 1.54) is 17.4 Å². The summed E-state index contributed by atoms with van der Waals surface area (Å²) in [7, 11) is 0. The molecule has 1 amide bonds. The molecular formula is C24H23N3O3S. The molecule has 0 aliphatic carbocycles. The molecule has 1 heterocycles. The highest BCUT2D eigenvalue weighted by molar-refractivity contribution is 7.14. The Hall–Kier alpha value is -3.63. The van der Waals surface area contributed by atoms with Gasteiger partial charge >= 0.3 is 0 Å². The highest BCUT2D eigenvalue weighted by Gasteiger charge is 2.14. The number of hydrogen-bond acceptors (Lipinski definition) is 6. The number of aromatic nitrogens is 1. The second-order valence-corrected chi connectivity index (χ2v) is 7.36. The molecular weight excluding hydrogens is 410 g/mol. The Kier molecular flexibility index (Phi) is 7.79. The average Bonchev–Trinajstić information content (AvgIpc) is 3.25. The second-order valence-electron chi connectivity index (χ2n) is 6.51. The molecule has 0 atom stereocenters. The summed E-state index contributed by atoms with van der Waals surface area (Å²) in [6.07, 6.45) is 2.39. The monoisotopic (exact) mass is 433 g/mol. The normalized spacial score (nSPS) is 10.9. The van der Waals surface area contributed by atoms with Crippen molar-refractivity contribution in [1.82, 2.24) is 4.98 Å². The van der Waals surface area contributed by atoms with Gasteiger partial charge in [0.2, 0.25) is 0 Å². The number of rotatable bonds is 9. The molecule has 31 heavy (non-hydrogen) atoms. The summed E-state index contributed by atoms with van der Waals surface area (Å²) < 4.78 is 11.2. The first-order chi connectivity index (χ1) is 15.1. The van der Waals surface area contributed by atoms with Crippen LogP contribution in [0.2, 0.25) is 0 Å². The maximum Gasteiger partial charge on any atom is 0.268 e. The SMILES string of the molecule is CCCOc1ccccc1/C=C(\C#N)C(=O)Nc1nc(-c2ccc(OCC)cc2)cs1. The molecule has 2 aromatic carbocycles. The van der Waals surface area contributed by atoms with E-state index in [-0.39, 0.29) is 5.57 Å². The first-order valence-electron chi connectivity index (χ1n) is 9.98. The molecule has 0 unspecified atom stereocenters. The van der Waals surface area contributed by atoms with Crippen LogP contribution < -0.4 is 14.8 Å². The van der Waals surface area contributed by atoms with Gasteiger partial charge in [0, 0.05) is 16.5 Å². The number of carbonyl (C=O) groups is 1. The second kappa shape index (κ2) is 11.0. The van der Waals surface area contributed by atoms with Crippen molar-refractivity contribution in [2.24, 2.45) is 0 Å². The summed E-state index contributed by atoms with van der Waals surface area (Å²) in [5.74, 6) is 0.916. The van der Waals surface area contributed by atoms with Crippen LogP contribution in [0.5, 0.6) is 11.5 Å². The first-order valence-corrected chi connectivity index (χ1v) is 10.9. The molecule has 1 N–H and O–H groups in total. The Morgan fingerprint density at radius 1 is 1.16 bits per heavy atom. The number of nitrogens with zero attached hydrogens (tertiary/aromatic N) is 2. The fourth-order valence-electron chi connectivity index (χ4n) is 2.76. The Morgan fingerprint density at radius 2 is 1.94 bits per heavy atom. The molecule has 0 radical (unpaired) electrons. The van der Waals surface area contributed by atoms with Crippen LogP contribution in [0.15, 0.2) is 59.5 Å². The van der Waals surface area contributed by atoms with Gasteiger partial charge in [0.15, 0.2) is 5.13 Å². The van der Waals surface area contributed by atoms with E-state index in [0.29, 0.717) is 29.7 Å². The zero-order valence-corrected chi connectivity index (χ0v) is 18.2. The number of ether oxygens (including phenoxy) is 2. The lowest BCUT2D eigenvalue weighted by Crippen LogP contribution is -2.13. The van der Waals surface area contributed by atoms with E-state index < -0.39 is 5.91 Å². The number of carbonyl (C=O) groups excluding carboxylic acids is 1. The van der Waals surface area contributed by atoms with Gasteiger partial charge in [0.25, 0.3) is 5.91 Å². The fraction of sp³-hybridized carbons (Fsp3) is 0.208. The summed E-state index contributed by atoms with van der Waals surface area (Å²) >= 11 is 1.30. The number of benzene rings is 2. The highest BCUT2D eigenvalue weighted by Crippen LogP contribution is 2.27. The van der Waals surface area contributed by atoms with Crippen LogP contribution in [-0.4, -0.2) is 24.1 Å². The number of nitriles is 1. The van der Waals surface area contributed by atoms with Crippen LogP contribution in [0, 0.1) is 11.3 Å². The first kappa shape index (κ1) is 22.1. The third kappa shape index (κ3) is 5.93. The molecule has 158 valence electrons. The molecule has 0 fully saturated rings. The summed E-state index contributed by atoms with van der Waals surface area (Å²) in [4.78, 5) is 17.1. The van der Waals surface area contributed by atoms with E-state index in [1.54, 1.807) is 0 Å². The van der Waals surface area contributed by atoms with Gasteiger partial charge in [0.1, 0.15) is 23.1 Å². The lowest BCUT2D eigenvalue weighted by Gasteiger charge is -2.08. The van der Waals surface area contributed by atoms with E-state index in [4.69, 9.17) is 9.47 Å². The molecule has 0 aliphatic heterocycles. The minimum absolute atomic E-state index is 0.0228. The molecule has 7 heteroatoms. The Labute approximate surface area is 185 Å². The van der Waals surface area contributed by atoms with Crippen molar-refractivity contribution in [3.05, 3.63) is 65.0 Å². The zero-order valence-electron chi connectivity index (χ0n) is 17.4. The molecule has 0 saturated carbocycles. The maximum atomic E-state index is 12.6. The highest BCUT2D eigenvalue weighted by atomic mass is 32.1. The molecule has 0 aliphatic rings. The van der Waals surface area contributed by atoms with Gasteiger partial charge in [-0.1, -0.05) is 25.1 Å². The number of anilines is 1. The molecule has 3 rings (SSSR count). The summed E-state index contributed by atoms with van der Waals surface area (Å²) in [6, 6.07) is 16.9. The van der Waals surface area contributed by atoms with E-state index in [1.807, 2.05) is 73.8 Å². The van der Waals surface area contributed by atoms with E-state index >= 15 is 0 Å². The van der Waals surface area contributed by atoms with Crippen molar-refractivity contribution in [2.45, 2.75) is 20.3 Å². The van der Waals surface area contributed by atoms with Crippen molar-refractivity contribution >= 4 is 28.5 Å². The fourth-order valence-corrected chi connectivity index (χ4v) is 3.48. The minimum Gasteiger partial charge on any atom is -0.494 e. The van der Waals surface area contributed by atoms with Gasteiger partial charge in [-0.2, -0.15) is 5.26 Å². The van der Waals surface area contributed by atoms with Crippen molar-refractivity contribution < 1.29 is 14.3 Å². The Balaban J connectivity index is 1.73. The minimum atomic E-state index is -0.514. The van der Waals surface area contributed by atoms with Gasteiger partial charge < -0.3 is 9.47 Å². The van der Waals surface area contributed by atoms with Crippen LogP contribution in [-0.2, 0) is 4.79 Å². The van der Waals surface area contributed by atoms with Crippen LogP contribution >= 0.6 is 11.3 Å². The van der Waals surface area contributed by atoms with Crippen LogP contribution in [0.4, 0.5) is 5.13 Å². The summed E-state index contributed by atoms with van der Waals surface area (Å²) in [5, 5.41) is 14.5. The number of amides is 1. The third-order valence-corrected chi connectivity index (χ3v) is 4.99. The van der Waals surface area contributed by atoms with Crippen LogP contribution in [0.3, 0.4) is 0 Å². The zero-order chi connectivity index (χ0) is 22.1. The smallest absolute Gasteiger partial charge is 0.268 e. The maximum absolute atomic E-state index is 12.6. The predicted octanol–water partition coefficient (Wildman–Crippen LogP) is 5.54. The van der Waals surface area contributed by atoms with Crippen molar-refractivity contribution in [3.63, 3.8) is 0 Å². The van der Waals surface area contributed by atoms with Gasteiger partial charge in [0.05, 0.1) is 18.9 Å². The van der Waals surface area contributed by atoms with Gasteiger partial charge in [-0.25, -0.2) is 4.98 Å². The molecule has 3 aromatic rings. The lowest BCUT2D eigenvalue weighted by molar-refractivity contribution is -0.112. The topological polar surface area (TPSA) is 84.2 Å². The number of nitrogens with one attached hydrogen (secondary N) is 1. The summed E-state index contributed by atoms with van der Waals surface area (Å²) in [6.45, 7) is 5.12. The summed E-state index contributed by atoms with van der Waals surface area (Å²) in [5.41, 5.74) is 2.31. The van der Waals surface area contributed by atoms with E-state index in [0.717, 1.165) is 23.4 Å². The van der Waals surface area contributed by atoms with Crippen LogP contribution in [0.1, 0.15) is 25.8 Å². The molecule has 0 saturated heterocycles. The average molecular weight is 434 g/mol. The van der Waals surface area contributed by atoms with E-state index in [9.17, 15) is 10.1 Å². The number of thiazole rings is 1. The van der Waals surface area contributed by atoms with Gasteiger partial charge in [-0.05, 0) is 49.8 Å². The van der Waals surface area contributed by atoms with Crippen molar-refractivity contribution in [2.75, 3.05) is 18.5 Å². The van der Waals surface area contributed by atoms with Crippen molar-refractivity contribution in [3.8, 4) is 28.8 Å². The quantitative estimate of drug-likeness (QED) is 0.354. The Morgan fingerprint density at radius 3 is 2.65 bits per heavy atom. The number of hydrogen-bond donors (Lipinski definition) is 1. The van der Waals surface area contributed by atoms with E-state index in [2.05, 4.69) is 10.3 Å². The van der Waals surface area contributed by atoms with Crippen molar-refractivity contribution in [1.29, 1.82) is 5.26 Å². The predicted molar refractivity (Wildman–Crippen MR) is 123 cm³/mol. The lowest BCUT2D eigenvalue weighted by atomic mass is 10.1. The largest absolute Gasteiger partial charge is 0.494 e. The van der Waals surface area contributed by atoms with Crippen LogP contribution in [0.25, 0.3) is 17.3 Å². The standard InChI is InChI=1S/C24H23N3O3S/c1-3-13-30-22-8-6-5-7-18(22)14-19(15-25)23(28)27-24-26-21(16-31-24)17-9-11-20(12-10-17)29-4-2/h5-12,14,16H,3-4,13H2,1-2H3,(H,26,27,28)/b19-14+. The Bertz CT molecular complexity index is 1100. The van der Waals surface area contributed by atoms with Gasteiger partial charge in [-0.3, -0.25) is 10.1 Å².